The van der Waals surface area contributed by atoms with Crippen molar-refractivity contribution in [2.24, 2.45) is 7.05 Å². The molecule has 7 nitrogen and oxygen atoms in total. The lowest BCUT2D eigenvalue weighted by Crippen LogP contribution is -2.33. The number of carbonyl (C=O) groups excluding carboxylic acids is 1. The summed E-state index contributed by atoms with van der Waals surface area (Å²) >= 11 is 1.48. The van der Waals surface area contributed by atoms with Gasteiger partial charge in [0.25, 0.3) is 5.56 Å². The quantitative estimate of drug-likeness (QED) is 0.498. The molecule has 3 heterocycles. The van der Waals surface area contributed by atoms with E-state index in [1.165, 1.54) is 22.9 Å². The fourth-order valence-electron chi connectivity index (χ4n) is 3.99. The molecule has 0 spiro atoms. The van der Waals surface area contributed by atoms with Gasteiger partial charge < -0.3 is 19.4 Å². The van der Waals surface area contributed by atoms with Gasteiger partial charge in [-0.1, -0.05) is 42.1 Å². The molecule has 0 unspecified atom stereocenters. The summed E-state index contributed by atoms with van der Waals surface area (Å²) in [6.07, 6.45) is 0.180. The first-order valence-corrected chi connectivity index (χ1v) is 11.0. The van der Waals surface area contributed by atoms with Crippen LogP contribution in [0.3, 0.4) is 0 Å². The van der Waals surface area contributed by atoms with Crippen molar-refractivity contribution in [1.29, 1.82) is 0 Å². The highest BCUT2D eigenvalue weighted by Gasteiger charge is 2.33. The van der Waals surface area contributed by atoms with Gasteiger partial charge >= 0.3 is 0 Å². The van der Waals surface area contributed by atoms with E-state index < -0.39 is 0 Å². The predicted molar refractivity (Wildman–Crippen MR) is 118 cm³/mol. The number of hydrogen-bond acceptors (Lipinski definition) is 6. The molecule has 2 aliphatic heterocycles. The molecule has 1 atom stereocenters. The van der Waals surface area contributed by atoms with Crippen LogP contribution in [-0.2, 0) is 17.6 Å². The Balaban J connectivity index is 1.52. The molecular weight excluding hydrogens is 414 g/mol. The average molecular weight is 436 g/mol. The minimum atomic E-state index is -0.389. The second-order valence-corrected chi connectivity index (χ2v) is 8.60. The monoisotopic (exact) mass is 435 g/mol. The number of rotatable bonds is 4. The van der Waals surface area contributed by atoms with Crippen LogP contribution in [0.2, 0.25) is 0 Å². The normalized spacial score (nSPS) is 16.7. The Kier molecular flexibility index (Phi) is 4.94. The summed E-state index contributed by atoms with van der Waals surface area (Å²) in [4.78, 5) is 30.0. The standard InChI is InChI=1S/C23H21N3O4S/c1-13-5-3-4-6-15(13)11-31-23-25-22(28)20-16(10-19(27)24-21(20)26(23)2)14-7-8-17-18(9-14)30-12-29-17/h3-9,16H,10-12H2,1-2H3,(H,24,27)/t16-/m0/s1. The lowest BCUT2D eigenvalue weighted by Gasteiger charge is -2.27. The van der Waals surface area contributed by atoms with Gasteiger partial charge in [0.2, 0.25) is 12.7 Å². The second kappa shape index (κ2) is 7.77. The number of ether oxygens (including phenoxy) is 2. The van der Waals surface area contributed by atoms with E-state index in [0.29, 0.717) is 33.8 Å². The van der Waals surface area contributed by atoms with Gasteiger partial charge in [0.05, 0.1) is 5.56 Å². The minimum Gasteiger partial charge on any atom is -0.454 e. The SMILES string of the molecule is Cc1ccccc1CSc1nc(=O)c2c(n1C)NC(=O)C[C@H]2c1ccc2c(c1)OCO2. The lowest BCUT2D eigenvalue weighted by atomic mass is 9.86. The first-order valence-electron chi connectivity index (χ1n) is 9.99. The number of aromatic nitrogens is 2. The zero-order valence-corrected chi connectivity index (χ0v) is 18.0. The van der Waals surface area contributed by atoms with E-state index in [0.717, 1.165) is 5.56 Å². The highest BCUT2D eigenvalue weighted by molar-refractivity contribution is 7.98. The zero-order valence-electron chi connectivity index (χ0n) is 17.2. The molecule has 5 rings (SSSR count). The maximum Gasteiger partial charge on any atom is 0.279 e. The summed E-state index contributed by atoms with van der Waals surface area (Å²) in [5.41, 5.74) is 3.39. The molecule has 0 bridgehead atoms. The molecule has 1 aromatic heterocycles. The number of nitrogens with one attached hydrogen (secondary N) is 1. The summed E-state index contributed by atoms with van der Waals surface area (Å²) in [5.74, 6) is 1.96. The molecule has 2 aliphatic rings. The van der Waals surface area contributed by atoms with Crippen molar-refractivity contribution in [2.75, 3.05) is 12.1 Å². The maximum atomic E-state index is 13.1. The highest BCUT2D eigenvalue weighted by Crippen LogP contribution is 2.40. The zero-order chi connectivity index (χ0) is 21.5. The van der Waals surface area contributed by atoms with Gasteiger partial charge in [-0.15, -0.1) is 0 Å². The third-order valence-electron chi connectivity index (χ3n) is 5.72. The average Bonchev–Trinajstić information content (AvgIpc) is 3.23. The van der Waals surface area contributed by atoms with Crippen LogP contribution in [0.5, 0.6) is 11.5 Å². The van der Waals surface area contributed by atoms with E-state index in [4.69, 9.17) is 9.47 Å². The number of benzene rings is 2. The van der Waals surface area contributed by atoms with E-state index in [1.807, 2.05) is 37.4 Å². The number of fused-ring (bicyclic) bond motifs is 2. The van der Waals surface area contributed by atoms with E-state index in [2.05, 4.69) is 29.4 Å². The molecule has 0 aliphatic carbocycles. The molecule has 0 saturated carbocycles. The number of amides is 1. The first-order chi connectivity index (χ1) is 15.0. The molecule has 8 heteroatoms. The number of anilines is 1. The Morgan fingerprint density at radius 1 is 1.16 bits per heavy atom. The van der Waals surface area contributed by atoms with Crippen molar-refractivity contribution in [3.05, 3.63) is 75.1 Å². The number of hydrogen-bond donors (Lipinski definition) is 1. The van der Waals surface area contributed by atoms with Crippen LogP contribution >= 0.6 is 11.8 Å². The van der Waals surface area contributed by atoms with Crippen LogP contribution in [0.15, 0.2) is 52.4 Å². The third-order valence-corrected chi connectivity index (χ3v) is 6.80. The second-order valence-electron chi connectivity index (χ2n) is 7.65. The number of carbonyl (C=O) groups is 1. The summed E-state index contributed by atoms with van der Waals surface area (Å²) in [7, 11) is 1.83. The van der Waals surface area contributed by atoms with Crippen LogP contribution in [-0.4, -0.2) is 22.3 Å². The molecule has 1 amide bonds. The van der Waals surface area contributed by atoms with Crippen molar-refractivity contribution in [3.63, 3.8) is 0 Å². The van der Waals surface area contributed by atoms with Gasteiger partial charge in [0.1, 0.15) is 5.82 Å². The van der Waals surface area contributed by atoms with Crippen LogP contribution in [0.1, 0.15) is 34.6 Å². The van der Waals surface area contributed by atoms with Gasteiger partial charge in [-0.25, -0.2) is 0 Å². The Hall–Kier alpha value is -3.26. The van der Waals surface area contributed by atoms with Crippen LogP contribution in [0.25, 0.3) is 0 Å². The predicted octanol–water partition coefficient (Wildman–Crippen LogP) is 3.58. The fraction of sp³-hybridized carbons (Fsp3) is 0.261. The summed E-state index contributed by atoms with van der Waals surface area (Å²) in [5, 5.41) is 3.45. The van der Waals surface area contributed by atoms with Gasteiger partial charge in [0, 0.05) is 25.1 Å². The topological polar surface area (TPSA) is 82.5 Å². The number of aryl methyl sites for hydroxylation is 1. The van der Waals surface area contributed by atoms with E-state index >= 15 is 0 Å². The third kappa shape index (κ3) is 3.57. The molecule has 2 aromatic carbocycles. The van der Waals surface area contributed by atoms with Crippen LogP contribution in [0.4, 0.5) is 5.82 Å². The van der Waals surface area contributed by atoms with Crippen LogP contribution < -0.4 is 20.3 Å². The molecule has 158 valence electrons. The largest absolute Gasteiger partial charge is 0.454 e. The number of thioether (sulfide) groups is 1. The van der Waals surface area contributed by atoms with E-state index in [-0.39, 0.29) is 30.6 Å². The molecular formula is C23H21N3O4S. The summed E-state index contributed by atoms with van der Waals surface area (Å²) in [6.45, 7) is 2.23. The van der Waals surface area contributed by atoms with Crippen molar-refractivity contribution in [1.82, 2.24) is 9.55 Å². The lowest BCUT2D eigenvalue weighted by molar-refractivity contribution is -0.116. The van der Waals surface area contributed by atoms with Crippen molar-refractivity contribution >= 4 is 23.5 Å². The van der Waals surface area contributed by atoms with Crippen molar-refractivity contribution in [2.45, 2.75) is 30.2 Å². The van der Waals surface area contributed by atoms with Crippen molar-refractivity contribution in [3.8, 4) is 11.5 Å². The Morgan fingerprint density at radius 2 is 1.97 bits per heavy atom. The smallest absolute Gasteiger partial charge is 0.279 e. The van der Waals surface area contributed by atoms with Crippen molar-refractivity contribution < 1.29 is 14.3 Å². The minimum absolute atomic E-state index is 0.133. The van der Waals surface area contributed by atoms with Gasteiger partial charge in [-0.2, -0.15) is 4.98 Å². The highest BCUT2D eigenvalue weighted by atomic mass is 32.2. The van der Waals surface area contributed by atoms with Gasteiger partial charge in [0.15, 0.2) is 16.7 Å². The molecule has 0 radical (unpaired) electrons. The Bertz CT molecular complexity index is 1250. The molecule has 31 heavy (non-hydrogen) atoms. The Morgan fingerprint density at radius 3 is 2.81 bits per heavy atom. The van der Waals surface area contributed by atoms with Gasteiger partial charge in [-0.05, 0) is 35.7 Å². The summed E-state index contributed by atoms with van der Waals surface area (Å²) in [6, 6.07) is 13.7. The molecule has 0 saturated heterocycles. The maximum absolute atomic E-state index is 13.1. The van der Waals surface area contributed by atoms with Crippen LogP contribution in [0, 0.1) is 6.92 Å². The van der Waals surface area contributed by atoms with E-state index in [1.54, 1.807) is 4.57 Å². The molecule has 3 aromatic rings. The Labute approximate surface area is 183 Å². The van der Waals surface area contributed by atoms with Gasteiger partial charge in [-0.3, -0.25) is 9.59 Å². The first kappa shape index (κ1) is 19.7. The number of nitrogens with zero attached hydrogens (tertiary/aromatic N) is 2. The fourth-order valence-corrected chi connectivity index (χ4v) is 5.03. The van der Waals surface area contributed by atoms with E-state index in [9.17, 15) is 9.59 Å². The molecule has 1 N–H and O–H groups in total. The summed E-state index contributed by atoms with van der Waals surface area (Å²) < 4.78 is 12.7. The molecule has 0 fully saturated rings.